The van der Waals surface area contributed by atoms with Crippen molar-refractivity contribution >= 4 is 10.4 Å². The number of nitrogens with zero attached hydrogens (tertiary/aromatic N) is 1. The van der Waals surface area contributed by atoms with E-state index in [-0.39, 0.29) is 23.5 Å². The summed E-state index contributed by atoms with van der Waals surface area (Å²) < 4.78 is 41.8. The van der Waals surface area contributed by atoms with Crippen LogP contribution >= 0.6 is 0 Å². The molecule has 9 heteroatoms. The van der Waals surface area contributed by atoms with Crippen LogP contribution in [0.1, 0.15) is 17.5 Å². The smallest absolute Gasteiger partial charge is 0.446 e. The van der Waals surface area contributed by atoms with Crippen LogP contribution in [0.15, 0.2) is 18.2 Å². The first-order valence-corrected chi connectivity index (χ1v) is 9.88. The Morgan fingerprint density at radius 2 is 2.15 bits per heavy atom. The predicted octanol–water partition coefficient (Wildman–Crippen LogP) is 0.380. The van der Waals surface area contributed by atoms with Gasteiger partial charge in [-0.3, -0.25) is 4.55 Å². The molecule has 5 atom stereocenters. The number of ether oxygens (including phenoxy) is 1. The van der Waals surface area contributed by atoms with E-state index in [1.807, 2.05) is 13.1 Å². The Morgan fingerprint density at radius 1 is 1.38 bits per heavy atom. The van der Waals surface area contributed by atoms with Crippen LogP contribution in [0, 0.1) is 5.92 Å². The second-order valence-corrected chi connectivity index (χ2v) is 8.60. The Hall–Kier alpha value is -1.81. The van der Waals surface area contributed by atoms with Crippen molar-refractivity contribution in [2.75, 3.05) is 13.6 Å². The third-order valence-electron chi connectivity index (χ3n) is 6.42. The highest BCUT2D eigenvalue weighted by molar-refractivity contribution is 7.81. The minimum atomic E-state index is -4.78. The van der Waals surface area contributed by atoms with Gasteiger partial charge in [0.05, 0.1) is 0 Å². The van der Waals surface area contributed by atoms with E-state index in [9.17, 15) is 18.6 Å². The predicted molar refractivity (Wildman–Crippen MR) is 89.8 cm³/mol. The second kappa shape index (κ2) is 4.92. The summed E-state index contributed by atoms with van der Waals surface area (Å²) in [7, 11) is -2.74. The molecule has 1 spiro atoms. The summed E-state index contributed by atoms with van der Waals surface area (Å²) in [6.07, 6.45) is 3.80. The summed E-state index contributed by atoms with van der Waals surface area (Å²) in [5.41, 5.74) is 1.19. The minimum absolute atomic E-state index is 0.135. The Morgan fingerprint density at radius 3 is 2.88 bits per heavy atom. The zero-order valence-corrected chi connectivity index (χ0v) is 14.8. The number of hydrogen-bond acceptors (Lipinski definition) is 7. The van der Waals surface area contributed by atoms with Gasteiger partial charge in [0, 0.05) is 22.9 Å². The van der Waals surface area contributed by atoms with Crippen LogP contribution in [-0.2, 0) is 22.2 Å². The molecule has 0 aromatic heterocycles. The number of likely N-dealkylation sites (N-methyl/N-ethyl adjacent to an activating group) is 1. The first-order chi connectivity index (χ1) is 12.2. The van der Waals surface area contributed by atoms with Crippen molar-refractivity contribution in [2.45, 2.75) is 36.5 Å². The van der Waals surface area contributed by atoms with Crippen molar-refractivity contribution in [3.05, 3.63) is 29.3 Å². The van der Waals surface area contributed by atoms with Gasteiger partial charge >= 0.3 is 10.4 Å². The largest absolute Gasteiger partial charge is 0.502 e. The molecule has 1 aromatic rings. The third-order valence-corrected chi connectivity index (χ3v) is 6.81. The van der Waals surface area contributed by atoms with Crippen molar-refractivity contribution in [1.29, 1.82) is 0 Å². The lowest BCUT2D eigenvalue weighted by Crippen LogP contribution is -2.64. The molecule has 26 heavy (non-hydrogen) atoms. The fourth-order valence-electron chi connectivity index (χ4n) is 5.46. The van der Waals surface area contributed by atoms with E-state index in [4.69, 9.17) is 9.29 Å². The number of aromatic hydroxyl groups is 1. The lowest BCUT2D eigenvalue weighted by Gasteiger charge is -2.56. The van der Waals surface area contributed by atoms with Crippen molar-refractivity contribution in [2.24, 2.45) is 5.92 Å². The molecule has 0 amide bonds. The zero-order chi connectivity index (χ0) is 18.4. The van der Waals surface area contributed by atoms with Gasteiger partial charge in [0.15, 0.2) is 11.5 Å². The quantitative estimate of drug-likeness (QED) is 0.497. The molecule has 2 bridgehead atoms. The molecule has 1 fully saturated rings. The van der Waals surface area contributed by atoms with Crippen LogP contribution < -0.4 is 8.92 Å². The van der Waals surface area contributed by atoms with Crippen LogP contribution in [0.4, 0.5) is 0 Å². The summed E-state index contributed by atoms with van der Waals surface area (Å²) in [6.45, 7) is 0.838. The molecule has 1 aromatic carbocycles. The van der Waals surface area contributed by atoms with Crippen LogP contribution in [0.3, 0.4) is 0 Å². The van der Waals surface area contributed by atoms with Gasteiger partial charge in [0.25, 0.3) is 0 Å². The third kappa shape index (κ3) is 1.91. The van der Waals surface area contributed by atoms with Crippen LogP contribution in [0.2, 0.25) is 0 Å². The molecule has 5 rings (SSSR count). The van der Waals surface area contributed by atoms with Gasteiger partial charge in [-0.15, -0.1) is 0 Å². The molecule has 0 radical (unpaired) electrons. The molecule has 1 saturated heterocycles. The molecule has 3 N–H and O–H groups in total. The summed E-state index contributed by atoms with van der Waals surface area (Å²) in [4.78, 5) is 2.26. The number of likely N-dealkylation sites (tertiary alicyclic amines) is 1. The number of rotatable bonds is 2. The minimum Gasteiger partial charge on any atom is -0.502 e. The second-order valence-electron chi connectivity index (χ2n) is 7.58. The maximum atomic E-state index is 11.1. The first kappa shape index (κ1) is 16.4. The number of phenolic OH excluding ortho intramolecular Hbond substituents is 1. The average molecular weight is 381 g/mol. The monoisotopic (exact) mass is 381 g/mol. The van der Waals surface area contributed by atoms with Crippen molar-refractivity contribution in [1.82, 2.24) is 4.90 Å². The lowest BCUT2D eigenvalue weighted by atomic mass is 9.53. The molecule has 8 nitrogen and oxygen atoms in total. The van der Waals surface area contributed by atoms with E-state index in [0.29, 0.717) is 6.42 Å². The SMILES string of the molecule is CN1CC[C@]23c4c5cc(OS(=O)(=O)O)c(O)c4O[C@H]2[C@@H](O)C=C[C@H]3[C@H]1C5. The van der Waals surface area contributed by atoms with E-state index in [0.717, 1.165) is 24.1 Å². The molecule has 4 aliphatic rings. The molecule has 2 aliphatic heterocycles. The maximum absolute atomic E-state index is 11.1. The lowest BCUT2D eigenvalue weighted by molar-refractivity contribution is -0.0453. The van der Waals surface area contributed by atoms with E-state index >= 15 is 0 Å². The fraction of sp³-hybridized carbons (Fsp3) is 0.529. The van der Waals surface area contributed by atoms with Crippen molar-refractivity contribution in [3.8, 4) is 17.2 Å². The maximum Gasteiger partial charge on any atom is 0.446 e. The number of piperidine rings is 1. The molecular formula is C17H19NO7S. The zero-order valence-electron chi connectivity index (χ0n) is 14.0. The summed E-state index contributed by atoms with van der Waals surface area (Å²) in [5.74, 6) is -0.538. The van der Waals surface area contributed by atoms with Crippen LogP contribution in [-0.4, -0.2) is 59.9 Å². The Bertz CT molecular complexity index is 943. The molecule has 0 saturated carbocycles. The van der Waals surface area contributed by atoms with Gasteiger partial charge in [-0.1, -0.05) is 12.2 Å². The number of hydrogen-bond donors (Lipinski definition) is 3. The van der Waals surface area contributed by atoms with Crippen LogP contribution in [0.25, 0.3) is 0 Å². The van der Waals surface area contributed by atoms with E-state index < -0.39 is 33.8 Å². The van der Waals surface area contributed by atoms with Crippen molar-refractivity contribution in [3.63, 3.8) is 0 Å². The van der Waals surface area contributed by atoms with Gasteiger partial charge in [-0.2, -0.15) is 8.42 Å². The number of aliphatic hydroxyl groups excluding tert-OH is 1. The number of phenols is 1. The van der Waals surface area contributed by atoms with Gasteiger partial charge in [-0.25, -0.2) is 0 Å². The van der Waals surface area contributed by atoms with Gasteiger partial charge in [-0.05, 0) is 38.1 Å². The van der Waals surface area contributed by atoms with E-state index in [1.54, 1.807) is 6.08 Å². The highest BCUT2D eigenvalue weighted by atomic mass is 32.3. The summed E-state index contributed by atoms with van der Waals surface area (Å²) >= 11 is 0. The molecule has 2 heterocycles. The molecule has 2 aliphatic carbocycles. The molecule has 140 valence electrons. The Balaban J connectivity index is 1.77. The van der Waals surface area contributed by atoms with Gasteiger partial charge in [0.1, 0.15) is 12.2 Å². The summed E-state index contributed by atoms with van der Waals surface area (Å²) in [6, 6.07) is 1.63. The van der Waals surface area contributed by atoms with Gasteiger partial charge in [0.2, 0.25) is 5.75 Å². The molecule has 0 unspecified atom stereocenters. The average Bonchev–Trinajstić information content (AvgIpc) is 2.90. The Labute approximate surface area is 150 Å². The topological polar surface area (TPSA) is 117 Å². The number of aliphatic hydroxyl groups is 1. The van der Waals surface area contributed by atoms with Crippen LogP contribution in [0.5, 0.6) is 17.2 Å². The van der Waals surface area contributed by atoms with E-state index in [2.05, 4.69) is 9.08 Å². The van der Waals surface area contributed by atoms with Crippen molar-refractivity contribution < 1.29 is 32.1 Å². The summed E-state index contributed by atoms with van der Waals surface area (Å²) in [5, 5.41) is 21.1. The Kier molecular flexibility index (Phi) is 3.10. The van der Waals surface area contributed by atoms with E-state index in [1.165, 1.54) is 6.07 Å². The highest BCUT2D eigenvalue weighted by Gasteiger charge is 2.64. The standard InChI is InChI=1S/C17H19NO7S/c1-18-5-4-17-9-2-3-11(19)16(17)24-15-13(17)8(6-10(9)18)7-12(14(15)20)25-26(21,22)23/h2-3,7,9-11,16,19-20H,4-6H2,1H3,(H,21,22,23)/t9-,10+,11-,16-,17-/m0/s1. The normalized spacial score (nSPS) is 37.2. The number of benzene rings is 1. The first-order valence-electron chi connectivity index (χ1n) is 8.52. The van der Waals surface area contributed by atoms with Gasteiger partial charge < -0.3 is 24.0 Å². The highest BCUT2D eigenvalue weighted by Crippen LogP contribution is 2.63. The fourth-order valence-corrected chi connectivity index (χ4v) is 5.82. The molecular weight excluding hydrogens is 362 g/mol.